The molecule has 164 valence electrons. The highest BCUT2D eigenvalue weighted by Gasteiger charge is 2.46. The van der Waals surface area contributed by atoms with Crippen LogP contribution in [0.5, 0.6) is 0 Å². The van der Waals surface area contributed by atoms with Gasteiger partial charge in [0.1, 0.15) is 10.8 Å². The molecular weight excluding hydrogens is 445 g/mol. The van der Waals surface area contributed by atoms with Gasteiger partial charge in [0, 0.05) is 40.3 Å². The van der Waals surface area contributed by atoms with E-state index in [9.17, 15) is 9.18 Å². The molecule has 2 aromatic carbocycles. The zero-order chi connectivity index (χ0) is 22.3. The van der Waals surface area contributed by atoms with Gasteiger partial charge in [0.05, 0.1) is 17.8 Å². The van der Waals surface area contributed by atoms with Gasteiger partial charge in [-0.2, -0.15) is 0 Å². The summed E-state index contributed by atoms with van der Waals surface area (Å²) in [4.78, 5) is 21.7. The number of likely N-dealkylation sites (tertiary alicyclic amines) is 1. The number of thiazole rings is 1. The molecule has 1 aromatic heterocycles. The maximum absolute atomic E-state index is 13.9. The Kier molecular flexibility index (Phi) is 5.61. The molecule has 4 nitrogen and oxygen atoms in total. The highest BCUT2D eigenvalue weighted by atomic mass is 35.5. The van der Waals surface area contributed by atoms with Gasteiger partial charge in [0.15, 0.2) is 0 Å². The molecule has 32 heavy (non-hydrogen) atoms. The number of hydrogen-bond acceptors (Lipinski definition) is 4. The SMILES string of the molecule is CC1CC2(C=CC(=O)N2c2cccc(F)c2)CCN1Cc1nc(-c2ccccc2Cl)cs1. The third-order valence-electron chi connectivity index (χ3n) is 6.41. The van der Waals surface area contributed by atoms with Crippen LogP contribution in [0, 0.1) is 5.82 Å². The predicted octanol–water partition coefficient (Wildman–Crippen LogP) is 5.93. The number of piperidine rings is 1. The maximum Gasteiger partial charge on any atom is 0.251 e. The molecule has 1 spiro atoms. The average Bonchev–Trinajstić information content (AvgIpc) is 3.35. The van der Waals surface area contributed by atoms with Gasteiger partial charge in [0.25, 0.3) is 5.91 Å². The minimum atomic E-state index is -0.410. The Morgan fingerprint density at radius 1 is 1.25 bits per heavy atom. The van der Waals surface area contributed by atoms with Crippen LogP contribution in [0.25, 0.3) is 11.3 Å². The van der Waals surface area contributed by atoms with Gasteiger partial charge in [0.2, 0.25) is 0 Å². The molecule has 1 saturated heterocycles. The van der Waals surface area contributed by atoms with Crippen molar-refractivity contribution in [3.63, 3.8) is 0 Å². The van der Waals surface area contributed by atoms with Gasteiger partial charge in [-0.15, -0.1) is 11.3 Å². The van der Waals surface area contributed by atoms with Crippen LogP contribution in [-0.4, -0.2) is 33.9 Å². The summed E-state index contributed by atoms with van der Waals surface area (Å²) in [6.45, 7) is 3.76. The molecule has 3 aromatic rings. The summed E-state index contributed by atoms with van der Waals surface area (Å²) in [5.74, 6) is -0.415. The second kappa shape index (κ2) is 8.43. The Labute approximate surface area is 196 Å². The standard InChI is InChI=1S/C25H23ClFN3OS/c1-17-14-25(10-9-24(31)30(25)19-6-4-5-18(27)13-19)11-12-29(17)15-23-28-22(16-32-23)20-7-2-3-8-21(20)26/h2-10,13,16-17H,11-12,14-15H2,1H3. The van der Waals surface area contributed by atoms with Crippen LogP contribution in [0.4, 0.5) is 10.1 Å². The first kappa shape index (κ1) is 21.3. The number of benzene rings is 2. The number of nitrogens with zero attached hydrogens (tertiary/aromatic N) is 3. The highest BCUT2D eigenvalue weighted by molar-refractivity contribution is 7.09. The third kappa shape index (κ3) is 3.87. The van der Waals surface area contributed by atoms with Gasteiger partial charge in [-0.25, -0.2) is 9.37 Å². The van der Waals surface area contributed by atoms with Crippen molar-refractivity contribution in [2.75, 3.05) is 11.4 Å². The van der Waals surface area contributed by atoms with E-state index >= 15 is 0 Å². The molecule has 5 rings (SSSR count). The predicted molar refractivity (Wildman–Crippen MR) is 127 cm³/mol. The molecule has 0 aliphatic carbocycles. The Balaban J connectivity index is 1.32. The quantitative estimate of drug-likeness (QED) is 0.477. The minimum absolute atomic E-state index is 0.0828. The van der Waals surface area contributed by atoms with E-state index in [2.05, 4.69) is 17.2 Å². The summed E-state index contributed by atoms with van der Waals surface area (Å²) >= 11 is 7.97. The fourth-order valence-corrected chi connectivity index (χ4v) is 5.89. The third-order valence-corrected chi connectivity index (χ3v) is 7.58. The van der Waals surface area contributed by atoms with E-state index < -0.39 is 5.54 Å². The van der Waals surface area contributed by atoms with Crippen molar-refractivity contribution in [2.45, 2.75) is 37.9 Å². The zero-order valence-corrected chi connectivity index (χ0v) is 19.2. The van der Waals surface area contributed by atoms with E-state index in [1.54, 1.807) is 34.4 Å². The van der Waals surface area contributed by atoms with Crippen molar-refractivity contribution < 1.29 is 9.18 Å². The maximum atomic E-state index is 13.9. The molecule has 1 fully saturated rings. The lowest BCUT2D eigenvalue weighted by Gasteiger charge is -2.47. The molecule has 2 atom stereocenters. The lowest BCUT2D eigenvalue weighted by molar-refractivity contribution is -0.114. The van der Waals surface area contributed by atoms with Gasteiger partial charge in [-0.3, -0.25) is 14.6 Å². The largest absolute Gasteiger partial charge is 0.299 e. The topological polar surface area (TPSA) is 36.4 Å². The number of carbonyl (C=O) groups is 1. The Hall–Kier alpha value is -2.54. The summed E-state index contributed by atoms with van der Waals surface area (Å²) in [6.07, 6.45) is 5.21. The van der Waals surface area contributed by atoms with Crippen LogP contribution in [-0.2, 0) is 11.3 Å². The monoisotopic (exact) mass is 467 g/mol. The molecule has 2 aliphatic rings. The van der Waals surface area contributed by atoms with Crippen LogP contribution < -0.4 is 4.90 Å². The van der Waals surface area contributed by atoms with E-state index in [0.717, 1.165) is 42.2 Å². The molecule has 0 N–H and O–H groups in total. The van der Waals surface area contributed by atoms with Crippen molar-refractivity contribution in [2.24, 2.45) is 0 Å². The average molecular weight is 468 g/mol. The number of amides is 1. The first-order valence-electron chi connectivity index (χ1n) is 10.7. The Morgan fingerprint density at radius 2 is 2.09 bits per heavy atom. The second-order valence-electron chi connectivity index (χ2n) is 8.47. The van der Waals surface area contributed by atoms with Gasteiger partial charge < -0.3 is 0 Å². The summed E-state index contributed by atoms with van der Waals surface area (Å²) in [7, 11) is 0. The van der Waals surface area contributed by atoms with E-state index in [0.29, 0.717) is 10.7 Å². The van der Waals surface area contributed by atoms with Crippen molar-refractivity contribution in [3.8, 4) is 11.3 Å². The van der Waals surface area contributed by atoms with Gasteiger partial charge in [-0.05, 0) is 44.0 Å². The normalized spacial score (nSPS) is 23.4. The fraction of sp³-hybridized carbons (Fsp3) is 0.280. The van der Waals surface area contributed by atoms with Crippen molar-refractivity contribution in [1.82, 2.24) is 9.88 Å². The Morgan fingerprint density at radius 3 is 2.88 bits per heavy atom. The molecule has 3 heterocycles. The van der Waals surface area contributed by atoms with Crippen molar-refractivity contribution in [3.05, 3.63) is 81.9 Å². The molecule has 0 saturated carbocycles. The van der Waals surface area contributed by atoms with Crippen LogP contribution in [0.3, 0.4) is 0 Å². The minimum Gasteiger partial charge on any atom is -0.299 e. The molecular formula is C25H23ClFN3OS. The summed E-state index contributed by atoms with van der Waals surface area (Å²) in [6, 6.07) is 14.3. The van der Waals surface area contributed by atoms with Gasteiger partial charge >= 0.3 is 0 Å². The fourth-order valence-electron chi connectivity index (χ4n) is 4.83. The second-order valence-corrected chi connectivity index (χ2v) is 9.82. The summed E-state index contributed by atoms with van der Waals surface area (Å²) in [5, 5.41) is 3.80. The van der Waals surface area contributed by atoms with Crippen LogP contribution in [0.15, 0.2) is 66.1 Å². The number of halogens is 2. The van der Waals surface area contributed by atoms with E-state index in [1.165, 1.54) is 12.1 Å². The Bertz CT molecular complexity index is 1200. The number of rotatable bonds is 4. The summed E-state index contributed by atoms with van der Waals surface area (Å²) in [5.41, 5.74) is 2.05. The van der Waals surface area contributed by atoms with Gasteiger partial charge in [-0.1, -0.05) is 41.9 Å². The first-order valence-corrected chi connectivity index (χ1v) is 11.9. The first-order chi connectivity index (χ1) is 15.4. The van der Waals surface area contributed by atoms with Crippen LogP contribution in [0.1, 0.15) is 24.8 Å². The zero-order valence-electron chi connectivity index (χ0n) is 17.7. The van der Waals surface area contributed by atoms with Crippen LogP contribution >= 0.6 is 22.9 Å². The smallest absolute Gasteiger partial charge is 0.251 e. The lowest BCUT2D eigenvalue weighted by atomic mass is 9.83. The van der Waals surface area contributed by atoms with Crippen molar-refractivity contribution in [1.29, 1.82) is 0 Å². The number of hydrogen-bond donors (Lipinski definition) is 0. The lowest BCUT2D eigenvalue weighted by Crippen LogP contribution is -2.56. The highest BCUT2D eigenvalue weighted by Crippen LogP contribution is 2.41. The molecule has 2 unspecified atom stereocenters. The molecule has 0 bridgehead atoms. The summed E-state index contributed by atoms with van der Waals surface area (Å²) < 4.78 is 13.9. The van der Waals surface area contributed by atoms with Crippen LogP contribution in [0.2, 0.25) is 5.02 Å². The molecule has 1 amide bonds. The number of aromatic nitrogens is 1. The molecule has 0 radical (unpaired) electrons. The number of anilines is 1. The van der Waals surface area contributed by atoms with E-state index in [1.807, 2.05) is 30.3 Å². The van der Waals surface area contributed by atoms with Crippen molar-refractivity contribution >= 4 is 34.5 Å². The molecule has 2 aliphatic heterocycles. The number of carbonyl (C=O) groups excluding carboxylic acids is 1. The van der Waals surface area contributed by atoms with E-state index in [4.69, 9.17) is 16.6 Å². The van der Waals surface area contributed by atoms with E-state index in [-0.39, 0.29) is 17.8 Å². The molecule has 7 heteroatoms.